The molecule has 0 aliphatic rings. The summed E-state index contributed by atoms with van der Waals surface area (Å²) in [6, 6.07) is 5.65. The normalized spacial score (nSPS) is 11.7. The molecule has 0 radical (unpaired) electrons. The lowest BCUT2D eigenvalue weighted by Crippen LogP contribution is -2.24. The molecule has 2 nitrogen and oxygen atoms in total. The van der Waals surface area contributed by atoms with Crippen LogP contribution < -0.4 is 10.2 Å². The van der Waals surface area contributed by atoms with Crippen molar-refractivity contribution in [2.24, 2.45) is 0 Å². The van der Waals surface area contributed by atoms with Crippen molar-refractivity contribution in [3.8, 4) is 0 Å². The zero-order valence-electron chi connectivity index (χ0n) is 11.7. The zero-order chi connectivity index (χ0) is 15.2. The fraction of sp³-hybridized carbons (Fsp3) is 0.571. The molecule has 0 aliphatic heterocycles. The smallest absolute Gasteiger partial charge is 0.374 e. The van der Waals surface area contributed by atoms with Gasteiger partial charge in [0.1, 0.15) is 0 Å². The van der Waals surface area contributed by atoms with E-state index in [2.05, 4.69) is 28.2 Å². The van der Waals surface area contributed by atoms with Crippen LogP contribution in [0.2, 0.25) is 0 Å². The Hall–Kier alpha value is -0.750. The predicted octanol–water partition coefficient (Wildman–Crippen LogP) is 4.34. The minimum atomic E-state index is -4.12. The second kappa shape index (κ2) is 7.88. The van der Waals surface area contributed by atoms with Gasteiger partial charge < -0.3 is 10.2 Å². The Labute approximate surface area is 126 Å². The van der Waals surface area contributed by atoms with Gasteiger partial charge in [0, 0.05) is 30.3 Å². The highest BCUT2D eigenvalue weighted by molar-refractivity contribution is 9.10. The second-order valence-electron chi connectivity index (χ2n) is 4.74. The van der Waals surface area contributed by atoms with Crippen LogP contribution in [-0.4, -0.2) is 26.3 Å². The molecular weight excluding hydrogens is 333 g/mol. The fourth-order valence-electron chi connectivity index (χ4n) is 1.74. The van der Waals surface area contributed by atoms with Crippen molar-refractivity contribution in [1.82, 2.24) is 5.32 Å². The van der Waals surface area contributed by atoms with E-state index in [1.165, 1.54) is 0 Å². The van der Waals surface area contributed by atoms with Gasteiger partial charge in [-0.1, -0.05) is 28.9 Å². The van der Waals surface area contributed by atoms with Gasteiger partial charge in [-0.05, 0) is 30.7 Å². The van der Waals surface area contributed by atoms with E-state index in [0.29, 0.717) is 0 Å². The lowest BCUT2D eigenvalue weighted by atomic mass is 10.2. The molecule has 0 saturated heterocycles. The minimum Gasteiger partial charge on any atom is -0.374 e. The molecule has 0 spiro atoms. The molecule has 0 bridgehead atoms. The van der Waals surface area contributed by atoms with Crippen LogP contribution in [0.5, 0.6) is 0 Å². The first-order valence-electron chi connectivity index (χ1n) is 6.60. The average Bonchev–Trinajstić information content (AvgIpc) is 2.37. The van der Waals surface area contributed by atoms with E-state index in [0.717, 1.165) is 35.2 Å². The molecule has 1 rings (SSSR count). The maximum absolute atomic E-state index is 12.2. The van der Waals surface area contributed by atoms with E-state index in [1.807, 2.05) is 18.2 Å². The van der Waals surface area contributed by atoms with Gasteiger partial charge in [0.15, 0.2) is 0 Å². The lowest BCUT2D eigenvalue weighted by molar-refractivity contribution is -0.132. The molecule has 1 aromatic rings. The minimum absolute atomic E-state index is 0.0383. The summed E-state index contributed by atoms with van der Waals surface area (Å²) >= 11 is 3.47. The molecule has 20 heavy (non-hydrogen) atoms. The van der Waals surface area contributed by atoms with Crippen molar-refractivity contribution in [1.29, 1.82) is 0 Å². The van der Waals surface area contributed by atoms with Gasteiger partial charge in [-0.3, -0.25) is 0 Å². The second-order valence-corrected chi connectivity index (χ2v) is 5.59. The molecule has 0 atom stereocenters. The highest BCUT2D eigenvalue weighted by atomic mass is 79.9. The molecule has 6 heteroatoms. The van der Waals surface area contributed by atoms with E-state index in [-0.39, 0.29) is 6.54 Å². The predicted molar refractivity (Wildman–Crippen MR) is 80.1 cm³/mol. The van der Waals surface area contributed by atoms with E-state index >= 15 is 0 Å². The van der Waals surface area contributed by atoms with Gasteiger partial charge in [0.25, 0.3) is 0 Å². The molecule has 0 amide bonds. The van der Waals surface area contributed by atoms with Crippen LogP contribution in [0.1, 0.15) is 25.3 Å². The molecule has 1 N–H and O–H groups in total. The number of hydrogen-bond acceptors (Lipinski definition) is 2. The van der Waals surface area contributed by atoms with Crippen molar-refractivity contribution in [3.63, 3.8) is 0 Å². The largest absolute Gasteiger partial charge is 0.390 e. The summed E-state index contributed by atoms with van der Waals surface area (Å²) in [5.41, 5.74) is 1.88. The maximum Gasteiger partial charge on any atom is 0.390 e. The number of halogens is 4. The SMILES string of the molecule is CCCNCc1ccc(N(C)CCC(F)(F)F)cc1Br. The summed E-state index contributed by atoms with van der Waals surface area (Å²) in [6.45, 7) is 3.75. The van der Waals surface area contributed by atoms with Crippen molar-refractivity contribution < 1.29 is 13.2 Å². The number of hydrogen-bond donors (Lipinski definition) is 1. The van der Waals surface area contributed by atoms with E-state index in [1.54, 1.807) is 11.9 Å². The molecule has 0 fully saturated rings. The molecular formula is C14H20BrF3N2. The summed E-state index contributed by atoms with van der Waals surface area (Å²) < 4.78 is 37.5. The Bertz CT molecular complexity index is 421. The number of rotatable bonds is 7. The Morgan fingerprint density at radius 3 is 2.55 bits per heavy atom. The van der Waals surface area contributed by atoms with Crippen molar-refractivity contribution in [2.75, 3.05) is 25.0 Å². The van der Waals surface area contributed by atoms with Gasteiger partial charge in [-0.25, -0.2) is 0 Å². The number of nitrogens with zero attached hydrogens (tertiary/aromatic N) is 1. The van der Waals surface area contributed by atoms with Gasteiger partial charge >= 0.3 is 6.18 Å². The highest BCUT2D eigenvalue weighted by Gasteiger charge is 2.27. The fourth-order valence-corrected chi connectivity index (χ4v) is 2.25. The first-order chi connectivity index (χ1) is 9.33. The van der Waals surface area contributed by atoms with Gasteiger partial charge in [-0.15, -0.1) is 0 Å². The van der Waals surface area contributed by atoms with Gasteiger partial charge in [-0.2, -0.15) is 13.2 Å². The molecule has 0 heterocycles. The van der Waals surface area contributed by atoms with E-state index < -0.39 is 12.6 Å². The summed E-state index contributed by atoms with van der Waals surface area (Å²) in [5.74, 6) is 0. The molecule has 1 aromatic carbocycles. The first-order valence-corrected chi connectivity index (χ1v) is 7.40. The van der Waals surface area contributed by atoms with Crippen LogP contribution in [0.4, 0.5) is 18.9 Å². The summed E-state index contributed by atoms with van der Waals surface area (Å²) in [6.07, 6.45) is -3.85. The maximum atomic E-state index is 12.2. The number of alkyl halides is 3. The molecule has 0 unspecified atom stereocenters. The summed E-state index contributed by atoms with van der Waals surface area (Å²) in [4.78, 5) is 1.61. The van der Waals surface area contributed by atoms with Crippen LogP contribution >= 0.6 is 15.9 Å². The first kappa shape index (κ1) is 17.3. The third kappa shape index (κ3) is 6.13. The third-order valence-electron chi connectivity index (χ3n) is 2.95. The number of anilines is 1. The summed E-state index contributed by atoms with van der Waals surface area (Å²) in [5, 5.41) is 3.29. The number of nitrogens with one attached hydrogen (secondary N) is 1. The quantitative estimate of drug-likeness (QED) is 0.734. The Morgan fingerprint density at radius 2 is 2.00 bits per heavy atom. The zero-order valence-corrected chi connectivity index (χ0v) is 13.3. The van der Waals surface area contributed by atoms with Crippen LogP contribution in [0.3, 0.4) is 0 Å². The monoisotopic (exact) mass is 352 g/mol. The molecule has 114 valence electrons. The van der Waals surface area contributed by atoms with Crippen LogP contribution in [0.15, 0.2) is 22.7 Å². The van der Waals surface area contributed by atoms with Gasteiger partial charge in [0.05, 0.1) is 6.42 Å². The number of benzene rings is 1. The Balaban J connectivity index is 2.61. The Morgan fingerprint density at radius 1 is 1.30 bits per heavy atom. The van der Waals surface area contributed by atoms with Crippen molar-refractivity contribution >= 4 is 21.6 Å². The third-order valence-corrected chi connectivity index (χ3v) is 3.69. The highest BCUT2D eigenvalue weighted by Crippen LogP contribution is 2.25. The molecule has 0 saturated carbocycles. The van der Waals surface area contributed by atoms with Crippen molar-refractivity contribution in [3.05, 3.63) is 28.2 Å². The Kier molecular flexibility index (Phi) is 6.82. The van der Waals surface area contributed by atoms with Crippen LogP contribution in [0, 0.1) is 0 Å². The van der Waals surface area contributed by atoms with E-state index in [9.17, 15) is 13.2 Å². The molecule has 0 aliphatic carbocycles. The standard InChI is InChI=1S/C14H20BrF3N2/c1-3-7-19-10-11-4-5-12(9-13(11)15)20(2)8-6-14(16,17)18/h4-5,9,19H,3,6-8,10H2,1-2H3. The van der Waals surface area contributed by atoms with Crippen LogP contribution in [0.25, 0.3) is 0 Å². The summed E-state index contributed by atoms with van der Waals surface area (Å²) in [7, 11) is 1.67. The van der Waals surface area contributed by atoms with E-state index in [4.69, 9.17) is 0 Å². The topological polar surface area (TPSA) is 15.3 Å². The average molecular weight is 353 g/mol. The van der Waals surface area contributed by atoms with Crippen LogP contribution in [-0.2, 0) is 6.54 Å². The van der Waals surface area contributed by atoms with Crippen molar-refractivity contribution in [2.45, 2.75) is 32.5 Å². The van der Waals surface area contributed by atoms with Gasteiger partial charge in [0.2, 0.25) is 0 Å². The lowest BCUT2D eigenvalue weighted by Gasteiger charge is -2.21. The molecule has 0 aromatic heterocycles.